The maximum absolute atomic E-state index is 12.6. The molecule has 0 bridgehead atoms. The molecule has 0 radical (unpaired) electrons. The largest absolute Gasteiger partial charge is 0.480 e. The molecule has 0 spiro atoms. The maximum Gasteiger partial charge on any atom is 0.331 e. The van der Waals surface area contributed by atoms with Gasteiger partial charge in [-0.05, 0) is 18.9 Å². The first kappa shape index (κ1) is 22.6. The van der Waals surface area contributed by atoms with Gasteiger partial charge in [-0.3, -0.25) is 9.36 Å². The smallest absolute Gasteiger partial charge is 0.331 e. The third kappa shape index (κ3) is 4.79. The van der Waals surface area contributed by atoms with Gasteiger partial charge in [-0.2, -0.15) is 0 Å². The highest BCUT2D eigenvalue weighted by molar-refractivity contribution is 7.61. The highest BCUT2D eigenvalue weighted by Crippen LogP contribution is 2.62. The molecular formula is C16H28NO6P. The Hall–Kier alpha value is -1.43. The van der Waals surface area contributed by atoms with Crippen LogP contribution in [0.3, 0.4) is 0 Å². The van der Waals surface area contributed by atoms with Crippen LogP contribution in [0.2, 0.25) is 0 Å². The van der Waals surface area contributed by atoms with Crippen LogP contribution in [-0.2, 0) is 14.2 Å². The van der Waals surface area contributed by atoms with Crippen molar-refractivity contribution in [3.63, 3.8) is 0 Å². The number of hydrogen-bond acceptors (Lipinski definition) is 4. The molecular weight excluding hydrogens is 333 g/mol. The van der Waals surface area contributed by atoms with Crippen molar-refractivity contribution in [1.82, 2.24) is 0 Å². The van der Waals surface area contributed by atoms with Gasteiger partial charge in [-0.25, -0.2) is 4.79 Å². The zero-order valence-electron chi connectivity index (χ0n) is 14.6. The SMILES string of the molecule is CC(C)CP(=O)(O)C1(C(=O)O)C=CC=C(C(=O)O)C1C.CCCN. The minimum atomic E-state index is -4.13. The van der Waals surface area contributed by atoms with Crippen LogP contribution in [0.25, 0.3) is 0 Å². The van der Waals surface area contributed by atoms with E-state index in [0.29, 0.717) is 0 Å². The summed E-state index contributed by atoms with van der Waals surface area (Å²) >= 11 is 0. The molecule has 5 N–H and O–H groups in total. The molecule has 3 atom stereocenters. The van der Waals surface area contributed by atoms with Gasteiger partial charge in [-0.1, -0.05) is 45.9 Å². The van der Waals surface area contributed by atoms with E-state index in [1.165, 1.54) is 19.1 Å². The van der Waals surface area contributed by atoms with Crippen molar-refractivity contribution in [3.05, 3.63) is 23.8 Å². The lowest BCUT2D eigenvalue weighted by molar-refractivity contribution is -0.140. The summed E-state index contributed by atoms with van der Waals surface area (Å²) in [5.74, 6) is -4.02. The third-order valence-corrected chi connectivity index (χ3v) is 6.93. The fourth-order valence-corrected chi connectivity index (χ4v) is 5.21. The van der Waals surface area contributed by atoms with Gasteiger partial charge in [0.05, 0.1) is 0 Å². The Morgan fingerprint density at radius 3 is 2.21 bits per heavy atom. The summed E-state index contributed by atoms with van der Waals surface area (Å²) in [6.07, 6.45) is 4.57. The predicted octanol–water partition coefficient (Wildman–Crippen LogP) is 2.31. The summed E-state index contributed by atoms with van der Waals surface area (Å²) in [6.45, 7) is 7.66. The van der Waals surface area contributed by atoms with Crippen molar-refractivity contribution in [3.8, 4) is 0 Å². The molecule has 0 aromatic heterocycles. The first-order valence-corrected chi connectivity index (χ1v) is 9.70. The van der Waals surface area contributed by atoms with Crippen molar-refractivity contribution in [2.45, 2.75) is 39.3 Å². The average Bonchev–Trinajstić information content (AvgIpc) is 2.45. The zero-order valence-corrected chi connectivity index (χ0v) is 15.5. The molecule has 0 aromatic rings. The Bertz CT molecular complexity index is 567. The van der Waals surface area contributed by atoms with Crippen LogP contribution in [-0.4, -0.2) is 44.9 Å². The first-order chi connectivity index (χ1) is 11.0. The summed E-state index contributed by atoms with van der Waals surface area (Å²) in [7, 11) is -4.13. The molecule has 0 fully saturated rings. The lowest BCUT2D eigenvalue weighted by Gasteiger charge is -2.38. The number of hydrogen-bond donors (Lipinski definition) is 4. The van der Waals surface area contributed by atoms with Crippen LogP contribution >= 0.6 is 7.37 Å². The standard InChI is InChI=1S/C13H19O6P.C3H9N/c1-8(2)7-20(18,19)13(12(16)17)6-4-5-10(9(13)3)11(14)15;1-2-3-4/h4-6,8-9H,7H2,1-3H3,(H,14,15)(H,16,17)(H,18,19);2-4H2,1H3. The van der Waals surface area contributed by atoms with Crippen LogP contribution in [0.1, 0.15) is 34.1 Å². The summed E-state index contributed by atoms with van der Waals surface area (Å²) in [5.41, 5.74) is 4.85. The number of carboxylic acids is 2. The molecule has 0 heterocycles. The molecule has 7 nitrogen and oxygen atoms in total. The van der Waals surface area contributed by atoms with E-state index in [9.17, 15) is 24.2 Å². The molecule has 0 saturated heterocycles. The van der Waals surface area contributed by atoms with Gasteiger partial charge in [0, 0.05) is 17.7 Å². The van der Waals surface area contributed by atoms with E-state index in [1.807, 2.05) is 0 Å². The number of aliphatic carboxylic acids is 2. The highest BCUT2D eigenvalue weighted by atomic mass is 31.2. The van der Waals surface area contributed by atoms with Crippen molar-refractivity contribution >= 4 is 19.3 Å². The zero-order chi connectivity index (χ0) is 19.1. The molecule has 1 rings (SSSR count). The van der Waals surface area contributed by atoms with Crippen molar-refractivity contribution in [2.24, 2.45) is 17.6 Å². The molecule has 0 amide bonds. The third-order valence-electron chi connectivity index (χ3n) is 3.82. The highest BCUT2D eigenvalue weighted by Gasteiger charge is 2.58. The van der Waals surface area contributed by atoms with Gasteiger partial charge < -0.3 is 20.8 Å². The Balaban J connectivity index is 0.00000118. The van der Waals surface area contributed by atoms with Crippen LogP contribution in [0.4, 0.5) is 0 Å². The van der Waals surface area contributed by atoms with Crippen molar-refractivity contribution in [1.29, 1.82) is 0 Å². The van der Waals surface area contributed by atoms with Gasteiger partial charge in [0.1, 0.15) is 0 Å². The van der Waals surface area contributed by atoms with Gasteiger partial charge in [0.15, 0.2) is 5.16 Å². The van der Waals surface area contributed by atoms with Gasteiger partial charge in [0.25, 0.3) is 0 Å². The molecule has 0 aliphatic heterocycles. The number of rotatable bonds is 6. The predicted molar refractivity (Wildman–Crippen MR) is 93.3 cm³/mol. The molecule has 3 unspecified atom stereocenters. The van der Waals surface area contributed by atoms with E-state index in [0.717, 1.165) is 19.0 Å². The fraction of sp³-hybridized carbons (Fsp3) is 0.625. The average molecular weight is 361 g/mol. The molecule has 24 heavy (non-hydrogen) atoms. The molecule has 0 saturated carbocycles. The monoisotopic (exact) mass is 361 g/mol. The number of allylic oxidation sites excluding steroid dienone is 2. The summed E-state index contributed by atoms with van der Waals surface area (Å²) in [6, 6.07) is 0. The number of nitrogens with two attached hydrogens (primary N) is 1. The molecule has 1 aliphatic carbocycles. The second-order valence-corrected chi connectivity index (χ2v) is 8.71. The van der Waals surface area contributed by atoms with E-state index in [-0.39, 0.29) is 17.7 Å². The first-order valence-electron chi connectivity index (χ1n) is 7.85. The molecule has 0 aromatic carbocycles. The normalized spacial score (nSPS) is 25.3. The Labute approximate surface area is 142 Å². The lowest BCUT2D eigenvalue weighted by Crippen LogP contribution is -2.46. The Kier molecular flexibility index (Phi) is 8.61. The second-order valence-electron chi connectivity index (χ2n) is 6.21. The van der Waals surface area contributed by atoms with Gasteiger partial charge in [-0.15, -0.1) is 0 Å². The minimum absolute atomic E-state index is 0.173. The minimum Gasteiger partial charge on any atom is -0.480 e. The van der Waals surface area contributed by atoms with Crippen LogP contribution < -0.4 is 5.73 Å². The summed E-state index contributed by atoms with van der Waals surface area (Å²) in [5, 5.41) is 16.5. The fourth-order valence-electron chi connectivity index (χ4n) is 2.55. The van der Waals surface area contributed by atoms with E-state index in [1.54, 1.807) is 13.8 Å². The van der Waals surface area contributed by atoms with Crippen LogP contribution in [0.5, 0.6) is 0 Å². The van der Waals surface area contributed by atoms with Gasteiger partial charge >= 0.3 is 11.9 Å². The number of carbonyl (C=O) groups is 2. The van der Waals surface area contributed by atoms with Crippen molar-refractivity contribution in [2.75, 3.05) is 12.7 Å². The Morgan fingerprint density at radius 2 is 1.88 bits per heavy atom. The summed E-state index contributed by atoms with van der Waals surface area (Å²) in [4.78, 5) is 33.1. The topological polar surface area (TPSA) is 138 Å². The molecule has 8 heteroatoms. The van der Waals surface area contributed by atoms with Crippen LogP contribution in [0, 0.1) is 11.8 Å². The second kappa shape index (κ2) is 9.16. The quantitative estimate of drug-likeness (QED) is 0.533. The van der Waals surface area contributed by atoms with Gasteiger partial charge in [0.2, 0.25) is 7.37 Å². The van der Waals surface area contributed by atoms with E-state index >= 15 is 0 Å². The number of carboxylic acid groups (broad SMARTS) is 2. The van der Waals surface area contributed by atoms with Crippen molar-refractivity contribution < 1.29 is 29.3 Å². The van der Waals surface area contributed by atoms with Crippen LogP contribution in [0.15, 0.2) is 23.8 Å². The maximum atomic E-state index is 12.6. The molecule has 1 aliphatic rings. The molecule has 138 valence electrons. The Morgan fingerprint density at radius 1 is 1.38 bits per heavy atom. The lowest BCUT2D eigenvalue weighted by atomic mass is 9.82. The summed E-state index contributed by atoms with van der Waals surface area (Å²) < 4.78 is 12.6. The van der Waals surface area contributed by atoms with E-state index in [2.05, 4.69) is 6.92 Å². The van der Waals surface area contributed by atoms with E-state index < -0.39 is 30.4 Å². The van der Waals surface area contributed by atoms with E-state index in [4.69, 9.17) is 10.8 Å².